The van der Waals surface area contributed by atoms with Crippen LogP contribution in [0.2, 0.25) is 0 Å². The van der Waals surface area contributed by atoms with Crippen LogP contribution in [-0.2, 0) is 4.79 Å². The lowest BCUT2D eigenvalue weighted by molar-refractivity contribution is -0.122. The number of nitrogens with zero attached hydrogens (tertiary/aromatic N) is 1. The highest BCUT2D eigenvalue weighted by atomic mass is 16.3. The zero-order valence-electron chi connectivity index (χ0n) is 10.5. The van der Waals surface area contributed by atoms with Gasteiger partial charge in [0.05, 0.1) is 12.6 Å². The molecule has 1 unspecified atom stereocenters. The predicted octanol–water partition coefficient (Wildman–Crippen LogP) is 0.892. The molecule has 98 valence electrons. The minimum atomic E-state index is -0.235. The second-order valence-corrected chi connectivity index (χ2v) is 5.43. The van der Waals surface area contributed by atoms with Crippen LogP contribution in [0.5, 0.6) is 0 Å². The molecule has 1 saturated carbocycles. The van der Waals surface area contributed by atoms with Gasteiger partial charge in [0, 0.05) is 19.1 Å². The van der Waals surface area contributed by atoms with Crippen LogP contribution >= 0.6 is 0 Å². The number of aliphatic hydroxyl groups excluding tert-OH is 1. The monoisotopic (exact) mass is 240 g/mol. The van der Waals surface area contributed by atoms with Crippen molar-refractivity contribution in [3.05, 3.63) is 0 Å². The summed E-state index contributed by atoms with van der Waals surface area (Å²) >= 11 is 0. The Morgan fingerprint density at radius 3 is 2.47 bits per heavy atom. The van der Waals surface area contributed by atoms with Gasteiger partial charge in [-0.2, -0.15) is 0 Å². The van der Waals surface area contributed by atoms with Gasteiger partial charge in [0.25, 0.3) is 0 Å². The van der Waals surface area contributed by atoms with Crippen molar-refractivity contribution in [2.24, 2.45) is 0 Å². The van der Waals surface area contributed by atoms with Crippen LogP contribution in [0.1, 0.15) is 44.9 Å². The Bertz CT molecular complexity index is 250. The van der Waals surface area contributed by atoms with E-state index in [9.17, 15) is 9.90 Å². The summed E-state index contributed by atoms with van der Waals surface area (Å²) in [6.07, 6.45) is 7.94. The normalized spacial score (nSPS) is 27.9. The third-order valence-corrected chi connectivity index (χ3v) is 3.83. The molecule has 1 aliphatic carbocycles. The fourth-order valence-corrected chi connectivity index (χ4v) is 2.86. The maximum Gasteiger partial charge on any atom is 0.234 e. The van der Waals surface area contributed by atoms with Crippen molar-refractivity contribution in [2.75, 3.05) is 19.6 Å². The number of hydrogen-bond donors (Lipinski definition) is 2. The van der Waals surface area contributed by atoms with Gasteiger partial charge in [-0.05, 0) is 19.3 Å². The standard InChI is InChI=1S/C13H24N2O2/c16-12-7-8-15(9-12)10-13(17)14-11-5-3-1-2-4-6-11/h11-12,16H,1-10H2,(H,14,17). The van der Waals surface area contributed by atoms with Crippen LogP contribution in [0.3, 0.4) is 0 Å². The lowest BCUT2D eigenvalue weighted by Crippen LogP contribution is -2.41. The van der Waals surface area contributed by atoms with Gasteiger partial charge in [-0.15, -0.1) is 0 Å². The first-order valence-corrected chi connectivity index (χ1v) is 6.94. The first kappa shape index (κ1) is 12.8. The van der Waals surface area contributed by atoms with E-state index in [4.69, 9.17) is 0 Å². The SMILES string of the molecule is O=C(CN1CCC(O)C1)NC1CCCCCC1. The largest absolute Gasteiger partial charge is 0.392 e. The Kier molecular flexibility index (Phi) is 4.80. The van der Waals surface area contributed by atoms with Gasteiger partial charge in [0.2, 0.25) is 5.91 Å². The van der Waals surface area contributed by atoms with Crippen LogP contribution in [0.25, 0.3) is 0 Å². The first-order chi connectivity index (χ1) is 8.24. The van der Waals surface area contributed by atoms with Crippen molar-refractivity contribution in [3.63, 3.8) is 0 Å². The second kappa shape index (κ2) is 6.36. The summed E-state index contributed by atoms with van der Waals surface area (Å²) in [5.41, 5.74) is 0. The van der Waals surface area contributed by atoms with E-state index in [0.29, 0.717) is 19.1 Å². The fraction of sp³-hybridized carbons (Fsp3) is 0.923. The van der Waals surface area contributed by atoms with E-state index in [-0.39, 0.29) is 12.0 Å². The third-order valence-electron chi connectivity index (χ3n) is 3.83. The second-order valence-electron chi connectivity index (χ2n) is 5.43. The van der Waals surface area contributed by atoms with Gasteiger partial charge in [0.15, 0.2) is 0 Å². The molecule has 0 aromatic rings. The van der Waals surface area contributed by atoms with Crippen molar-refractivity contribution in [3.8, 4) is 0 Å². The molecule has 1 heterocycles. The third kappa shape index (κ3) is 4.28. The maximum atomic E-state index is 11.9. The number of carbonyl (C=O) groups is 1. The number of amides is 1. The fourth-order valence-electron chi connectivity index (χ4n) is 2.86. The molecular formula is C13H24N2O2. The van der Waals surface area contributed by atoms with Gasteiger partial charge in [-0.3, -0.25) is 9.69 Å². The molecular weight excluding hydrogens is 216 g/mol. The van der Waals surface area contributed by atoms with Crippen LogP contribution in [0.4, 0.5) is 0 Å². The molecule has 0 bridgehead atoms. The lowest BCUT2D eigenvalue weighted by atomic mass is 10.1. The average molecular weight is 240 g/mol. The molecule has 0 aromatic heterocycles. The van der Waals surface area contributed by atoms with Crippen LogP contribution in [-0.4, -0.2) is 47.7 Å². The Labute approximate surface area is 103 Å². The van der Waals surface area contributed by atoms with E-state index < -0.39 is 0 Å². The first-order valence-electron chi connectivity index (χ1n) is 6.94. The van der Waals surface area contributed by atoms with E-state index >= 15 is 0 Å². The molecule has 0 aromatic carbocycles. The van der Waals surface area contributed by atoms with Crippen molar-refractivity contribution >= 4 is 5.91 Å². The molecule has 1 saturated heterocycles. The Hall–Kier alpha value is -0.610. The number of hydrogen-bond acceptors (Lipinski definition) is 3. The van der Waals surface area contributed by atoms with Crippen molar-refractivity contribution in [1.82, 2.24) is 10.2 Å². The molecule has 1 aliphatic heterocycles. The Morgan fingerprint density at radius 1 is 1.18 bits per heavy atom. The molecule has 2 N–H and O–H groups in total. The Balaban J connectivity index is 1.69. The summed E-state index contributed by atoms with van der Waals surface area (Å²) in [7, 11) is 0. The summed E-state index contributed by atoms with van der Waals surface area (Å²) in [6, 6.07) is 0.387. The number of nitrogens with one attached hydrogen (secondary N) is 1. The summed E-state index contributed by atoms with van der Waals surface area (Å²) in [6.45, 7) is 1.95. The highest BCUT2D eigenvalue weighted by molar-refractivity contribution is 5.78. The quantitative estimate of drug-likeness (QED) is 0.720. The molecule has 2 rings (SSSR count). The van der Waals surface area contributed by atoms with Gasteiger partial charge < -0.3 is 10.4 Å². The maximum absolute atomic E-state index is 11.9. The molecule has 1 atom stereocenters. The highest BCUT2D eigenvalue weighted by Crippen LogP contribution is 2.17. The van der Waals surface area contributed by atoms with Gasteiger partial charge >= 0.3 is 0 Å². The van der Waals surface area contributed by atoms with E-state index in [0.717, 1.165) is 25.8 Å². The van der Waals surface area contributed by atoms with Crippen molar-refractivity contribution < 1.29 is 9.90 Å². The molecule has 4 nitrogen and oxygen atoms in total. The molecule has 2 aliphatic rings. The summed E-state index contributed by atoms with van der Waals surface area (Å²) < 4.78 is 0. The predicted molar refractivity (Wildman–Crippen MR) is 66.7 cm³/mol. The molecule has 1 amide bonds. The van der Waals surface area contributed by atoms with Crippen LogP contribution in [0, 0.1) is 0 Å². The zero-order valence-corrected chi connectivity index (χ0v) is 10.5. The highest BCUT2D eigenvalue weighted by Gasteiger charge is 2.23. The van der Waals surface area contributed by atoms with E-state index in [2.05, 4.69) is 5.32 Å². The molecule has 17 heavy (non-hydrogen) atoms. The molecule has 0 radical (unpaired) electrons. The zero-order chi connectivity index (χ0) is 12.1. The van der Waals surface area contributed by atoms with Crippen LogP contribution < -0.4 is 5.32 Å². The number of likely N-dealkylation sites (tertiary alicyclic amines) is 1. The van der Waals surface area contributed by atoms with Gasteiger partial charge in [0.1, 0.15) is 0 Å². The molecule has 2 fully saturated rings. The lowest BCUT2D eigenvalue weighted by Gasteiger charge is -2.19. The summed E-state index contributed by atoms with van der Waals surface area (Å²) in [5.74, 6) is 0.131. The van der Waals surface area contributed by atoms with Crippen molar-refractivity contribution in [1.29, 1.82) is 0 Å². The topological polar surface area (TPSA) is 52.6 Å². The van der Waals surface area contributed by atoms with Gasteiger partial charge in [-0.25, -0.2) is 0 Å². The van der Waals surface area contributed by atoms with Gasteiger partial charge in [-0.1, -0.05) is 25.7 Å². The minimum absolute atomic E-state index is 0.131. The summed E-state index contributed by atoms with van der Waals surface area (Å²) in [5, 5.41) is 12.5. The number of rotatable bonds is 3. The number of β-amino-alcohol motifs (C(OH)–C–C–N with tert-alkyl or cyclic N) is 1. The van der Waals surface area contributed by atoms with E-state index in [1.807, 2.05) is 4.90 Å². The van der Waals surface area contributed by atoms with E-state index in [1.54, 1.807) is 0 Å². The smallest absolute Gasteiger partial charge is 0.234 e. The molecule has 0 spiro atoms. The van der Waals surface area contributed by atoms with E-state index in [1.165, 1.54) is 25.7 Å². The molecule has 4 heteroatoms. The minimum Gasteiger partial charge on any atom is -0.392 e. The van der Waals surface area contributed by atoms with Crippen LogP contribution in [0.15, 0.2) is 0 Å². The Morgan fingerprint density at radius 2 is 1.88 bits per heavy atom. The van der Waals surface area contributed by atoms with Crippen molar-refractivity contribution in [2.45, 2.75) is 57.1 Å². The summed E-state index contributed by atoms with van der Waals surface area (Å²) in [4.78, 5) is 13.9. The number of aliphatic hydroxyl groups is 1. The number of carbonyl (C=O) groups excluding carboxylic acids is 1. The average Bonchev–Trinajstić information content (AvgIpc) is 2.53.